The number of rotatable bonds is 7. The first-order valence-corrected chi connectivity index (χ1v) is 7.59. The van der Waals surface area contributed by atoms with E-state index in [2.05, 4.69) is 30.4 Å². The molecule has 0 aliphatic carbocycles. The molecule has 0 aliphatic heterocycles. The lowest BCUT2D eigenvalue weighted by atomic mass is 10.4. The SMILES string of the molecule is CCSC(CCn1[c]n[nH]c(=O)c1=O)SCC. The van der Waals surface area contributed by atoms with Crippen LogP contribution in [0.25, 0.3) is 0 Å². The van der Waals surface area contributed by atoms with E-state index in [0.717, 1.165) is 17.9 Å². The first-order valence-electron chi connectivity index (χ1n) is 5.49. The third-order valence-corrected chi connectivity index (χ3v) is 4.76. The molecule has 1 aromatic rings. The van der Waals surface area contributed by atoms with Crippen LogP contribution < -0.4 is 11.1 Å². The fraction of sp³-hybridized carbons (Fsp3) is 0.700. The van der Waals surface area contributed by atoms with E-state index in [1.165, 1.54) is 4.57 Å². The van der Waals surface area contributed by atoms with Crippen LogP contribution >= 0.6 is 23.5 Å². The highest BCUT2D eigenvalue weighted by molar-refractivity contribution is 8.16. The molecule has 0 saturated carbocycles. The van der Waals surface area contributed by atoms with Crippen molar-refractivity contribution in [2.45, 2.75) is 31.4 Å². The highest BCUT2D eigenvalue weighted by Gasteiger charge is 2.09. The smallest absolute Gasteiger partial charge is 0.284 e. The number of aromatic amines is 1. The van der Waals surface area contributed by atoms with Crippen molar-refractivity contribution in [2.75, 3.05) is 11.5 Å². The largest absolute Gasteiger partial charge is 0.330 e. The molecule has 1 heterocycles. The van der Waals surface area contributed by atoms with Gasteiger partial charge in [0.2, 0.25) is 6.33 Å². The predicted octanol–water partition coefficient (Wildman–Crippen LogP) is 0.954. The van der Waals surface area contributed by atoms with E-state index in [-0.39, 0.29) is 0 Å². The second-order valence-corrected chi connectivity index (χ2v) is 6.50. The second kappa shape index (κ2) is 7.60. The molecule has 1 N–H and O–H groups in total. The van der Waals surface area contributed by atoms with E-state index in [1.807, 2.05) is 23.5 Å². The molecular weight excluding hydrogens is 258 g/mol. The van der Waals surface area contributed by atoms with Gasteiger partial charge in [0.15, 0.2) is 0 Å². The topological polar surface area (TPSA) is 67.8 Å². The number of hydrogen-bond donors (Lipinski definition) is 1. The summed E-state index contributed by atoms with van der Waals surface area (Å²) in [5.74, 6) is 2.09. The van der Waals surface area contributed by atoms with Gasteiger partial charge in [0.1, 0.15) is 0 Å². The monoisotopic (exact) mass is 274 g/mol. The van der Waals surface area contributed by atoms with Crippen molar-refractivity contribution in [1.82, 2.24) is 14.8 Å². The molecule has 0 amide bonds. The van der Waals surface area contributed by atoms with Gasteiger partial charge in [-0.3, -0.25) is 14.2 Å². The Morgan fingerprint density at radius 3 is 2.59 bits per heavy atom. The van der Waals surface area contributed by atoms with Crippen LogP contribution in [0.5, 0.6) is 0 Å². The van der Waals surface area contributed by atoms with Crippen molar-refractivity contribution >= 4 is 23.5 Å². The molecule has 0 saturated heterocycles. The molecule has 5 nitrogen and oxygen atoms in total. The van der Waals surface area contributed by atoms with Gasteiger partial charge in [0.25, 0.3) is 0 Å². The van der Waals surface area contributed by atoms with Crippen LogP contribution in [0.15, 0.2) is 9.59 Å². The van der Waals surface area contributed by atoms with Gasteiger partial charge in [-0.25, -0.2) is 5.10 Å². The summed E-state index contributed by atoms with van der Waals surface area (Å²) >= 11 is 3.72. The van der Waals surface area contributed by atoms with Gasteiger partial charge in [-0.1, -0.05) is 13.8 Å². The van der Waals surface area contributed by atoms with Crippen molar-refractivity contribution in [3.05, 3.63) is 27.0 Å². The lowest BCUT2D eigenvalue weighted by Crippen LogP contribution is -2.37. The number of nitrogens with one attached hydrogen (secondary N) is 1. The van der Waals surface area contributed by atoms with Crippen LogP contribution in [0.4, 0.5) is 0 Å². The number of nitrogens with zero attached hydrogens (tertiary/aromatic N) is 2. The maximum absolute atomic E-state index is 11.4. The lowest BCUT2D eigenvalue weighted by molar-refractivity contribution is 0.607. The fourth-order valence-corrected chi connectivity index (χ4v) is 3.81. The van der Waals surface area contributed by atoms with E-state index in [1.54, 1.807) is 0 Å². The number of aromatic nitrogens is 3. The molecule has 0 aliphatic rings. The van der Waals surface area contributed by atoms with Gasteiger partial charge in [0, 0.05) is 6.54 Å². The van der Waals surface area contributed by atoms with E-state index >= 15 is 0 Å². The minimum atomic E-state index is -0.688. The maximum Gasteiger partial charge on any atom is 0.330 e. The van der Waals surface area contributed by atoms with Gasteiger partial charge >= 0.3 is 11.1 Å². The minimum absolute atomic E-state index is 0.449. The molecular formula is C10H16N3O2S2. The third kappa shape index (κ3) is 4.59. The van der Waals surface area contributed by atoms with Crippen molar-refractivity contribution in [3.8, 4) is 0 Å². The molecule has 0 unspecified atom stereocenters. The van der Waals surface area contributed by atoms with Crippen LogP contribution in [0, 0.1) is 6.33 Å². The van der Waals surface area contributed by atoms with E-state index in [0.29, 0.717) is 11.1 Å². The van der Waals surface area contributed by atoms with Gasteiger partial charge in [-0.2, -0.15) is 5.10 Å². The van der Waals surface area contributed by atoms with Crippen LogP contribution in [-0.2, 0) is 6.54 Å². The van der Waals surface area contributed by atoms with Crippen molar-refractivity contribution < 1.29 is 0 Å². The summed E-state index contributed by atoms with van der Waals surface area (Å²) in [4.78, 5) is 22.5. The average molecular weight is 274 g/mol. The Balaban J connectivity index is 2.62. The highest BCUT2D eigenvalue weighted by atomic mass is 32.2. The quantitative estimate of drug-likeness (QED) is 0.592. The number of hydrogen-bond acceptors (Lipinski definition) is 5. The zero-order valence-electron chi connectivity index (χ0n) is 9.93. The Hall–Kier alpha value is -0.690. The van der Waals surface area contributed by atoms with Gasteiger partial charge < -0.3 is 0 Å². The molecule has 1 radical (unpaired) electrons. The maximum atomic E-state index is 11.4. The molecule has 1 rings (SSSR count). The fourth-order valence-electron chi connectivity index (χ4n) is 1.32. The second-order valence-electron chi connectivity index (χ2n) is 3.24. The standard InChI is InChI=1S/C10H16N3O2S2/c1-3-16-8(17-4-2)5-6-13-7-11-12-9(14)10(13)15/h8H,3-6H2,1-2H3,(H,12,14). The first kappa shape index (κ1) is 14.4. The molecule has 1 aromatic heterocycles. The summed E-state index contributed by atoms with van der Waals surface area (Å²) in [6.45, 7) is 4.71. The zero-order valence-corrected chi connectivity index (χ0v) is 11.6. The van der Waals surface area contributed by atoms with Crippen molar-refractivity contribution in [3.63, 3.8) is 0 Å². The molecule has 0 atom stereocenters. The Labute approximate surface area is 108 Å². The number of aryl methyl sites for hydroxylation is 1. The molecule has 17 heavy (non-hydrogen) atoms. The lowest BCUT2D eigenvalue weighted by Gasteiger charge is -2.14. The van der Waals surface area contributed by atoms with Crippen LogP contribution in [-0.4, -0.2) is 30.9 Å². The summed E-state index contributed by atoms with van der Waals surface area (Å²) in [5.41, 5.74) is -1.27. The van der Waals surface area contributed by atoms with Crippen LogP contribution in [0.2, 0.25) is 0 Å². The predicted molar refractivity (Wildman–Crippen MR) is 72.6 cm³/mol. The normalized spacial score (nSPS) is 11.0. The number of H-pyrrole nitrogens is 1. The summed E-state index contributed by atoms with van der Waals surface area (Å²) in [5, 5.41) is 5.57. The van der Waals surface area contributed by atoms with Gasteiger partial charge in [-0.15, -0.1) is 23.5 Å². The summed E-state index contributed by atoms with van der Waals surface area (Å²) in [6.07, 6.45) is 3.33. The zero-order chi connectivity index (χ0) is 12.7. The van der Waals surface area contributed by atoms with Gasteiger partial charge in [-0.05, 0) is 17.9 Å². The van der Waals surface area contributed by atoms with E-state index in [4.69, 9.17) is 0 Å². The van der Waals surface area contributed by atoms with Crippen LogP contribution in [0.1, 0.15) is 20.3 Å². The Kier molecular flexibility index (Phi) is 6.43. The van der Waals surface area contributed by atoms with Crippen molar-refractivity contribution in [1.29, 1.82) is 0 Å². The Bertz CT molecular complexity index is 438. The molecule has 7 heteroatoms. The first-order chi connectivity index (χ1) is 8.19. The average Bonchev–Trinajstić information content (AvgIpc) is 2.31. The van der Waals surface area contributed by atoms with Gasteiger partial charge in [0.05, 0.1) is 4.58 Å². The molecule has 0 aromatic carbocycles. The molecule has 95 valence electrons. The number of thioether (sulfide) groups is 2. The Morgan fingerprint density at radius 1 is 1.35 bits per heavy atom. The highest BCUT2D eigenvalue weighted by Crippen LogP contribution is 2.26. The summed E-state index contributed by atoms with van der Waals surface area (Å²) < 4.78 is 1.70. The Morgan fingerprint density at radius 2 is 2.00 bits per heavy atom. The molecule has 0 fully saturated rings. The van der Waals surface area contributed by atoms with E-state index < -0.39 is 11.1 Å². The third-order valence-electron chi connectivity index (χ3n) is 2.06. The summed E-state index contributed by atoms with van der Waals surface area (Å²) in [6, 6.07) is 0. The molecule has 0 bridgehead atoms. The minimum Gasteiger partial charge on any atom is -0.284 e. The van der Waals surface area contributed by atoms with E-state index in [9.17, 15) is 9.59 Å². The molecule has 0 spiro atoms. The van der Waals surface area contributed by atoms with Crippen molar-refractivity contribution in [2.24, 2.45) is 0 Å². The van der Waals surface area contributed by atoms with Crippen LogP contribution in [0.3, 0.4) is 0 Å². The summed E-state index contributed by atoms with van der Waals surface area (Å²) in [7, 11) is 0.